The van der Waals surface area contributed by atoms with E-state index in [0.29, 0.717) is 33.8 Å². The van der Waals surface area contributed by atoms with Crippen LogP contribution in [0, 0.1) is 6.92 Å². The highest BCUT2D eigenvalue weighted by Crippen LogP contribution is 2.31. The van der Waals surface area contributed by atoms with E-state index >= 15 is 0 Å². The summed E-state index contributed by atoms with van der Waals surface area (Å²) in [5.74, 6) is 1.01. The van der Waals surface area contributed by atoms with Crippen molar-refractivity contribution in [1.29, 1.82) is 0 Å². The fourth-order valence-corrected chi connectivity index (χ4v) is 2.66. The third-order valence-corrected chi connectivity index (χ3v) is 4.32. The lowest BCUT2D eigenvalue weighted by molar-refractivity contribution is -0.115. The average Bonchev–Trinajstić information content (AvgIpc) is 2.88. The molecule has 0 atom stereocenters. The Labute approximate surface area is 137 Å². The number of aromatic nitrogens is 4. The van der Waals surface area contributed by atoms with Crippen LogP contribution >= 0.6 is 23.4 Å². The maximum Gasteiger partial charge on any atom is 0.225 e. The molecule has 118 valence electrons. The van der Waals surface area contributed by atoms with Crippen LogP contribution in [0.15, 0.2) is 17.3 Å². The summed E-state index contributed by atoms with van der Waals surface area (Å²) in [5, 5.41) is 15.2. The number of nitrogens with one attached hydrogen (secondary N) is 1. The van der Waals surface area contributed by atoms with Gasteiger partial charge in [-0.05, 0) is 29.0 Å². The van der Waals surface area contributed by atoms with Gasteiger partial charge in [-0.15, -0.1) is 5.10 Å². The standard InChI is InChI=1S/C13H16ClN5O2S/c1-8-6-10(11(21-3)7-9(8)14)15-12(20)4-5-22-13-16-17-18-19(13)2/h6-7H,4-5H2,1-3H3,(H,15,20). The van der Waals surface area contributed by atoms with Crippen LogP contribution in [-0.2, 0) is 11.8 Å². The molecule has 1 amide bonds. The Morgan fingerprint density at radius 1 is 1.50 bits per heavy atom. The first kappa shape index (κ1) is 16.6. The van der Waals surface area contributed by atoms with Crippen molar-refractivity contribution in [3.8, 4) is 5.75 Å². The fourth-order valence-electron chi connectivity index (χ4n) is 1.72. The minimum absolute atomic E-state index is 0.109. The Bertz CT molecular complexity index is 676. The first-order chi connectivity index (χ1) is 10.5. The van der Waals surface area contributed by atoms with Crippen molar-refractivity contribution in [2.24, 2.45) is 7.05 Å². The molecule has 0 aliphatic rings. The van der Waals surface area contributed by atoms with Crippen molar-refractivity contribution in [2.45, 2.75) is 18.5 Å². The Morgan fingerprint density at radius 3 is 2.91 bits per heavy atom. The first-order valence-electron chi connectivity index (χ1n) is 6.50. The molecule has 0 aliphatic heterocycles. The number of carbonyl (C=O) groups excluding carboxylic acids is 1. The summed E-state index contributed by atoms with van der Waals surface area (Å²) in [7, 11) is 3.29. The van der Waals surface area contributed by atoms with Crippen LogP contribution in [0.25, 0.3) is 0 Å². The molecule has 2 aromatic rings. The third-order valence-electron chi connectivity index (χ3n) is 2.90. The van der Waals surface area contributed by atoms with E-state index in [2.05, 4.69) is 20.8 Å². The molecule has 1 N–H and O–H groups in total. The number of ether oxygens (including phenoxy) is 1. The largest absolute Gasteiger partial charge is 0.495 e. The van der Waals surface area contributed by atoms with E-state index in [1.54, 1.807) is 23.9 Å². The zero-order chi connectivity index (χ0) is 16.1. The molecular formula is C13H16ClN5O2S. The molecule has 0 fully saturated rings. The highest BCUT2D eigenvalue weighted by Gasteiger charge is 2.11. The zero-order valence-electron chi connectivity index (χ0n) is 12.5. The van der Waals surface area contributed by atoms with Gasteiger partial charge >= 0.3 is 0 Å². The fraction of sp³-hybridized carbons (Fsp3) is 0.385. The van der Waals surface area contributed by atoms with Crippen molar-refractivity contribution in [3.05, 3.63) is 22.7 Å². The molecule has 0 bridgehead atoms. The summed E-state index contributed by atoms with van der Waals surface area (Å²) in [4.78, 5) is 12.0. The number of benzene rings is 1. The molecule has 1 heterocycles. The number of aryl methyl sites for hydroxylation is 2. The Hall–Kier alpha value is -1.80. The van der Waals surface area contributed by atoms with Crippen LogP contribution in [0.5, 0.6) is 5.75 Å². The van der Waals surface area contributed by atoms with Crippen LogP contribution < -0.4 is 10.1 Å². The zero-order valence-corrected chi connectivity index (χ0v) is 14.0. The molecule has 0 aliphatic carbocycles. The molecule has 0 saturated carbocycles. The lowest BCUT2D eigenvalue weighted by atomic mass is 10.2. The molecule has 0 radical (unpaired) electrons. The summed E-state index contributed by atoms with van der Waals surface area (Å²) in [6, 6.07) is 3.48. The van der Waals surface area contributed by atoms with Crippen LogP contribution in [-0.4, -0.2) is 39.0 Å². The first-order valence-corrected chi connectivity index (χ1v) is 7.86. The SMILES string of the molecule is COc1cc(Cl)c(C)cc1NC(=O)CCSc1nnnn1C. The molecule has 0 saturated heterocycles. The van der Waals surface area contributed by atoms with E-state index < -0.39 is 0 Å². The Balaban J connectivity index is 1.92. The van der Waals surface area contributed by atoms with Gasteiger partial charge in [0.1, 0.15) is 5.75 Å². The number of thioether (sulfide) groups is 1. The number of anilines is 1. The van der Waals surface area contributed by atoms with E-state index in [4.69, 9.17) is 16.3 Å². The number of tetrazole rings is 1. The average molecular weight is 342 g/mol. The molecule has 2 rings (SSSR count). The second-order valence-electron chi connectivity index (χ2n) is 4.53. The number of hydrogen-bond donors (Lipinski definition) is 1. The van der Waals surface area contributed by atoms with Crippen LogP contribution in [0.3, 0.4) is 0 Å². The lowest BCUT2D eigenvalue weighted by Crippen LogP contribution is -2.13. The van der Waals surface area contributed by atoms with Crippen LogP contribution in [0.1, 0.15) is 12.0 Å². The number of carbonyl (C=O) groups is 1. The molecule has 7 nitrogen and oxygen atoms in total. The number of halogens is 1. The summed E-state index contributed by atoms with van der Waals surface area (Å²) in [6.07, 6.45) is 0.336. The second kappa shape index (κ2) is 7.46. The van der Waals surface area contributed by atoms with Crippen molar-refractivity contribution in [2.75, 3.05) is 18.2 Å². The quantitative estimate of drug-likeness (QED) is 0.812. The maximum atomic E-state index is 12.0. The van der Waals surface area contributed by atoms with Crippen molar-refractivity contribution >= 4 is 35.0 Å². The van der Waals surface area contributed by atoms with Gasteiger partial charge in [0.15, 0.2) is 0 Å². The summed E-state index contributed by atoms with van der Waals surface area (Å²) < 4.78 is 6.79. The molecular weight excluding hydrogens is 326 g/mol. The van der Waals surface area contributed by atoms with Gasteiger partial charge in [0.05, 0.1) is 12.8 Å². The highest BCUT2D eigenvalue weighted by atomic mass is 35.5. The van der Waals surface area contributed by atoms with E-state index in [1.165, 1.54) is 18.9 Å². The number of rotatable bonds is 6. The summed E-state index contributed by atoms with van der Waals surface area (Å²) >= 11 is 7.46. The van der Waals surface area contributed by atoms with Crippen molar-refractivity contribution in [3.63, 3.8) is 0 Å². The van der Waals surface area contributed by atoms with Crippen LogP contribution in [0.4, 0.5) is 5.69 Å². The minimum atomic E-state index is -0.109. The normalized spacial score (nSPS) is 10.5. The maximum absolute atomic E-state index is 12.0. The minimum Gasteiger partial charge on any atom is -0.495 e. The Morgan fingerprint density at radius 2 is 2.27 bits per heavy atom. The summed E-state index contributed by atoms with van der Waals surface area (Å²) in [6.45, 7) is 1.87. The van der Waals surface area contributed by atoms with Gasteiger partial charge in [-0.1, -0.05) is 23.4 Å². The number of nitrogens with zero attached hydrogens (tertiary/aromatic N) is 4. The molecule has 0 unspecified atom stereocenters. The van der Waals surface area contributed by atoms with E-state index in [-0.39, 0.29) is 5.91 Å². The topological polar surface area (TPSA) is 81.9 Å². The predicted molar refractivity (Wildman–Crippen MR) is 85.5 cm³/mol. The molecule has 1 aromatic carbocycles. The van der Waals surface area contributed by atoms with Gasteiger partial charge in [0.2, 0.25) is 11.1 Å². The third kappa shape index (κ3) is 4.11. The lowest BCUT2D eigenvalue weighted by Gasteiger charge is -2.12. The molecule has 1 aromatic heterocycles. The van der Waals surface area contributed by atoms with Crippen LogP contribution in [0.2, 0.25) is 5.02 Å². The summed E-state index contributed by atoms with van der Waals surface area (Å²) in [5.41, 5.74) is 1.48. The van der Waals surface area contributed by atoms with Gasteiger partial charge in [-0.2, -0.15) is 0 Å². The van der Waals surface area contributed by atoms with E-state index in [0.717, 1.165) is 5.56 Å². The van der Waals surface area contributed by atoms with E-state index in [1.807, 2.05) is 6.92 Å². The van der Waals surface area contributed by atoms with Gasteiger partial charge in [0.25, 0.3) is 0 Å². The number of methoxy groups -OCH3 is 1. The monoisotopic (exact) mass is 341 g/mol. The van der Waals surface area contributed by atoms with Gasteiger partial charge in [-0.3, -0.25) is 4.79 Å². The van der Waals surface area contributed by atoms with Crippen molar-refractivity contribution < 1.29 is 9.53 Å². The van der Waals surface area contributed by atoms with Crippen molar-refractivity contribution in [1.82, 2.24) is 20.2 Å². The molecule has 22 heavy (non-hydrogen) atoms. The smallest absolute Gasteiger partial charge is 0.225 e. The van der Waals surface area contributed by atoms with Gasteiger partial charge in [0, 0.05) is 30.3 Å². The van der Waals surface area contributed by atoms with E-state index in [9.17, 15) is 4.79 Å². The second-order valence-corrected chi connectivity index (χ2v) is 6.00. The number of amides is 1. The van der Waals surface area contributed by atoms with Gasteiger partial charge < -0.3 is 10.1 Å². The highest BCUT2D eigenvalue weighted by molar-refractivity contribution is 7.99. The number of hydrogen-bond acceptors (Lipinski definition) is 6. The Kier molecular flexibility index (Phi) is 5.62. The molecule has 0 spiro atoms. The predicted octanol–water partition coefficient (Wildman–Crippen LogP) is 2.30. The van der Waals surface area contributed by atoms with Gasteiger partial charge in [-0.25, -0.2) is 4.68 Å². The molecule has 9 heteroatoms.